The highest BCUT2D eigenvalue weighted by atomic mass is 16.3. The molecule has 5 heteroatoms. The summed E-state index contributed by atoms with van der Waals surface area (Å²) in [4.78, 5) is 13.6. The number of hydrogen-bond acceptors (Lipinski definition) is 3. The van der Waals surface area contributed by atoms with E-state index in [4.69, 9.17) is 0 Å². The zero-order valence-corrected chi connectivity index (χ0v) is 10.8. The number of carbonyl (C=O) groups is 1. The first kappa shape index (κ1) is 12.4. The quantitative estimate of drug-likeness (QED) is 0.732. The van der Waals surface area contributed by atoms with E-state index in [0.29, 0.717) is 6.54 Å². The van der Waals surface area contributed by atoms with E-state index in [1.54, 1.807) is 0 Å². The van der Waals surface area contributed by atoms with Crippen LogP contribution in [-0.4, -0.2) is 40.9 Å². The Morgan fingerprint density at radius 1 is 1.26 bits per heavy atom. The Hall–Kier alpha value is -1.59. The predicted molar refractivity (Wildman–Crippen MR) is 71.4 cm³/mol. The van der Waals surface area contributed by atoms with Crippen LogP contribution in [0, 0.1) is 0 Å². The summed E-state index contributed by atoms with van der Waals surface area (Å²) in [6, 6.07) is 9.59. The van der Waals surface area contributed by atoms with Crippen LogP contribution in [0.5, 0.6) is 0 Å². The maximum atomic E-state index is 12.1. The molecule has 5 nitrogen and oxygen atoms in total. The normalized spacial score (nSPS) is 25.6. The van der Waals surface area contributed by atoms with E-state index in [0.717, 1.165) is 31.5 Å². The van der Waals surface area contributed by atoms with Crippen LogP contribution >= 0.6 is 0 Å². The smallest absolute Gasteiger partial charge is 0.320 e. The Balaban J connectivity index is 1.77. The van der Waals surface area contributed by atoms with E-state index in [9.17, 15) is 9.90 Å². The summed E-state index contributed by atoms with van der Waals surface area (Å²) < 4.78 is 0. The zero-order chi connectivity index (χ0) is 13.3. The first-order chi connectivity index (χ1) is 9.21. The summed E-state index contributed by atoms with van der Waals surface area (Å²) in [5, 5.41) is 16.8. The van der Waals surface area contributed by atoms with Crippen molar-refractivity contribution in [2.75, 3.05) is 13.1 Å². The van der Waals surface area contributed by atoms with Crippen molar-refractivity contribution in [1.82, 2.24) is 15.5 Å². The Morgan fingerprint density at radius 2 is 1.95 bits per heavy atom. The Morgan fingerprint density at radius 3 is 2.63 bits per heavy atom. The minimum absolute atomic E-state index is 0.168. The van der Waals surface area contributed by atoms with Crippen LogP contribution in [0.1, 0.15) is 18.4 Å². The average molecular weight is 261 g/mol. The molecule has 2 aliphatic rings. The van der Waals surface area contributed by atoms with E-state index in [2.05, 4.69) is 10.6 Å². The molecule has 1 aromatic carbocycles. The lowest BCUT2D eigenvalue weighted by Crippen LogP contribution is -2.56. The van der Waals surface area contributed by atoms with E-state index < -0.39 is 11.8 Å². The summed E-state index contributed by atoms with van der Waals surface area (Å²) in [5.74, 6) is 0. The van der Waals surface area contributed by atoms with Crippen molar-refractivity contribution in [1.29, 1.82) is 0 Å². The number of rotatable bonds is 2. The van der Waals surface area contributed by atoms with Gasteiger partial charge >= 0.3 is 6.03 Å². The lowest BCUT2D eigenvalue weighted by atomic mass is 9.87. The number of carbonyl (C=O) groups excluding carboxylic acids is 1. The van der Waals surface area contributed by atoms with Gasteiger partial charge in [-0.3, -0.25) is 4.90 Å². The standard InChI is InChI=1S/C14H19N3O2/c18-12-14(6-8-15-9-7-14)16-13(19)17(12)10-11-4-2-1-3-5-11/h1-5,12,15,18H,6-10H2,(H,16,19). The third-order valence-corrected chi connectivity index (χ3v) is 4.10. The van der Waals surface area contributed by atoms with Gasteiger partial charge in [0, 0.05) is 0 Å². The molecule has 102 valence electrons. The highest BCUT2D eigenvalue weighted by Gasteiger charge is 2.50. The molecular formula is C14H19N3O2. The number of nitrogens with one attached hydrogen (secondary N) is 2. The van der Waals surface area contributed by atoms with Gasteiger partial charge in [0.25, 0.3) is 0 Å². The van der Waals surface area contributed by atoms with Gasteiger partial charge in [-0.2, -0.15) is 0 Å². The summed E-state index contributed by atoms with van der Waals surface area (Å²) >= 11 is 0. The molecule has 0 aliphatic carbocycles. The fourth-order valence-corrected chi connectivity index (χ4v) is 2.95. The molecule has 2 saturated heterocycles. The first-order valence-corrected chi connectivity index (χ1v) is 6.73. The van der Waals surface area contributed by atoms with E-state index in [1.165, 1.54) is 4.90 Å². The first-order valence-electron chi connectivity index (χ1n) is 6.73. The van der Waals surface area contributed by atoms with Gasteiger partial charge in [0.2, 0.25) is 0 Å². The lowest BCUT2D eigenvalue weighted by Gasteiger charge is -2.36. The predicted octanol–water partition coefficient (Wildman–Crippen LogP) is 0.652. The number of urea groups is 1. The highest BCUT2D eigenvalue weighted by Crippen LogP contribution is 2.31. The van der Waals surface area contributed by atoms with Crippen LogP contribution in [0.25, 0.3) is 0 Å². The summed E-state index contributed by atoms with van der Waals surface area (Å²) in [7, 11) is 0. The second kappa shape index (κ2) is 4.83. The number of nitrogens with zero attached hydrogens (tertiary/aromatic N) is 1. The number of aliphatic hydroxyl groups is 1. The summed E-state index contributed by atoms with van der Waals surface area (Å²) in [6.45, 7) is 2.11. The number of hydrogen-bond donors (Lipinski definition) is 3. The summed E-state index contributed by atoms with van der Waals surface area (Å²) in [6.07, 6.45) is 0.790. The number of amides is 2. The number of benzene rings is 1. The summed E-state index contributed by atoms with van der Waals surface area (Å²) in [5.41, 5.74) is 0.555. The molecule has 1 aromatic rings. The van der Waals surface area contributed by atoms with Gasteiger partial charge in [0.15, 0.2) is 6.23 Å². The van der Waals surface area contributed by atoms with Crippen molar-refractivity contribution in [3.05, 3.63) is 35.9 Å². The third kappa shape index (κ3) is 2.19. The molecule has 1 spiro atoms. The maximum Gasteiger partial charge on any atom is 0.320 e. The monoisotopic (exact) mass is 261 g/mol. The average Bonchev–Trinajstić information content (AvgIpc) is 2.66. The molecule has 1 unspecified atom stereocenters. The van der Waals surface area contributed by atoms with Crippen LogP contribution in [0.15, 0.2) is 30.3 Å². The minimum atomic E-state index is -0.748. The van der Waals surface area contributed by atoms with Gasteiger partial charge in [-0.15, -0.1) is 0 Å². The van der Waals surface area contributed by atoms with Crippen molar-refractivity contribution >= 4 is 6.03 Å². The van der Waals surface area contributed by atoms with Gasteiger partial charge in [-0.1, -0.05) is 30.3 Å². The maximum absolute atomic E-state index is 12.1. The van der Waals surface area contributed by atoms with Crippen molar-refractivity contribution < 1.29 is 9.90 Å². The van der Waals surface area contributed by atoms with Crippen LogP contribution in [0.2, 0.25) is 0 Å². The van der Waals surface area contributed by atoms with Crippen LogP contribution in [0.4, 0.5) is 4.79 Å². The number of piperidine rings is 1. The fourth-order valence-electron chi connectivity index (χ4n) is 2.95. The molecule has 2 amide bonds. The fraction of sp³-hybridized carbons (Fsp3) is 0.500. The lowest BCUT2D eigenvalue weighted by molar-refractivity contribution is -0.0135. The molecule has 0 aromatic heterocycles. The van der Waals surface area contributed by atoms with Gasteiger partial charge in [0.1, 0.15) is 0 Å². The Bertz CT molecular complexity index is 457. The SMILES string of the molecule is O=C1NC2(CCNCC2)C(O)N1Cc1ccccc1. The minimum Gasteiger partial charge on any atom is -0.371 e. The van der Waals surface area contributed by atoms with Crippen molar-refractivity contribution in [2.24, 2.45) is 0 Å². The van der Waals surface area contributed by atoms with E-state index in [1.807, 2.05) is 30.3 Å². The molecule has 0 bridgehead atoms. The third-order valence-electron chi connectivity index (χ3n) is 4.10. The van der Waals surface area contributed by atoms with Gasteiger partial charge in [-0.05, 0) is 31.5 Å². The van der Waals surface area contributed by atoms with Crippen LogP contribution in [0.3, 0.4) is 0 Å². The van der Waals surface area contributed by atoms with Crippen LogP contribution in [-0.2, 0) is 6.54 Å². The van der Waals surface area contributed by atoms with Crippen LogP contribution < -0.4 is 10.6 Å². The molecule has 3 N–H and O–H groups in total. The van der Waals surface area contributed by atoms with E-state index in [-0.39, 0.29) is 6.03 Å². The van der Waals surface area contributed by atoms with Crippen molar-refractivity contribution in [3.63, 3.8) is 0 Å². The second-order valence-electron chi connectivity index (χ2n) is 5.32. The van der Waals surface area contributed by atoms with Crippen molar-refractivity contribution in [3.8, 4) is 0 Å². The second-order valence-corrected chi connectivity index (χ2v) is 5.32. The molecule has 0 radical (unpaired) electrons. The highest BCUT2D eigenvalue weighted by molar-refractivity contribution is 5.78. The molecule has 3 rings (SSSR count). The Kier molecular flexibility index (Phi) is 3.16. The zero-order valence-electron chi connectivity index (χ0n) is 10.8. The molecule has 2 heterocycles. The molecule has 19 heavy (non-hydrogen) atoms. The molecular weight excluding hydrogens is 242 g/mol. The largest absolute Gasteiger partial charge is 0.371 e. The molecule has 2 fully saturated rings. The van der Waals surface area contributed by atoms with Crippen molar-refractivity contribution in [2.45, 2.75) is 31.2 Å². The van der Waals surface area contributed by atoms with E-state index >= 15 is 0 Å². The molecule has 1 atom stereocenters. The van der Waals surface area contributed by atoms with Gasteiger partial charge in [0.05, 0.1) is 12.1 Å². The molecule has 0 saturated carbocycles. The number of aliphatic hydroxyl groups excluding tert-OH is 1. The molecule has 2 aliphatic heterocycles. The topological polar surface area (TPSA) is 64.6 Å². The van der Waals surface area contributed by atoms with Gasteiger partial charge < -0.3 is 15.7 Å². The Labute approximate surface area is 112 Å². The van der Waals surface area contributed by atoms with Gasteiger partial charge in [-0.25, -0.2) is 4.79 Å².